The van der Waals surface area contributed by atoms with Crippen LogP contribution in [-0.4, -0.2) is 18.1 Å². The van der Waals surface area contributed by atoms with Crippen molar-refractivity contribution < 1.29 is 4.74 Å². The van der Waals surface area contributed by atoms with Crippen molar-refractivity contribution in [2.75, 3.05) is 12.4 Å². The third-order valence-electron chi connectivity index (χ3n) is 2.74. The standard InChI is InChI=1S/C15H18N2O/c1-12(10-13-6-4-3-5-7-13)17-14-8-9-16-15(11-14)18-2/h3-9,11-12H,10H2,1-2H3,(H,16,17). The Balaban J connectivity index is 1.96. The highest BCUT2D eigenvalue weighted by atomic mass is 16.5. The lowest BCUT2D eigenvalue weighted by Crippen LogP contribution is -2.18. The molecule has 0 amide bonds. The van der Waals surface area contributed by atoms with Crippen LogP contribution in [0.15, 0.2) is 48.7 Å². The maximum atomic E-state index is 5.10. The lowest BCUT2D eigenvalue weighted by atomic mass is 10.1. The number of aromatic nitrogens is 1. The molecule has 3 nitrogen and oxygen atoms in total. The number of benzene rings is 1. The monoisotopic (exact) mass is 242 g/mol. The molecule has 0 bridgehead atoms. The van der Waals surface area contributed by atoms with E-state index >= 15 is 0 Å². The molecule has 1 heterocycles. The first-order valence-electron chi connectivity index (χ1n) is 6.08. The Hall–Kier alpha value is -2.03. The average molecular weight is 242 g/mol. The lowest BCUT2D eigenvalue weighted by Gasteiger charge is -2.15. The molecule has 0 fully saturated rings. The molecule has 1 N–H and O–H groups in total. The van der Waals surface area contributed by atoms with Gasteiger partial charge in [-0.25, -0.2) is 4.98 Å². The fourth-order valence-electron chi connectivity index (χ4n) is 1.91. The van der Waals surface area contributed by atoms with E-state index in [4.69, 9.17) is 4.74 Å². The topological polar surface area (TPSA) is 34.1 Å². The van der Waals surface area contributed by atoms with Crippen molar-refractivity contribution in [2.24, 2.45) is 0 Å². The number of anilines is 1. The van der Waals surface area contributed by atoms with E-state index in [0.717, 1.165) is 12.1 Å². The van der Waals surface area contributed by atoms with Gasteiger partial charge in [0.25, 0.3) is 0 Å². The maximum absolute atomic E-state index is 5.10. The molecule has 3 heteroatoms. The largest absolute Gasteiger partial charge is 0.481 e. The van der Waals surface area contributed by atoms with Crippen molar-refractivity contribution in [3.05, 3.63) is 54.2 Å². The van der Waals surface area contributed by atoms with Crippen LogP contribution in [0, 0.1) is 0 Å². The van der Waals surface area contributed by atoms with Crippen LogP contribution in [0.3, 0.4) is 0 Å². The molecule has 0 saturated heterocycles. The van der Waals surface area contributed by atoms with Gasteiger partial charge < -0.3 is 10.1 Å². The van der Waals surface area contributed by atoms with Gasteiger partial charge in [0.15, 0.2) is 0 Å². The van der Waals surface area contributed by atoms with Gasteiger partial charge in [0.2, 0.25) is 5.88 Å². The van der Waals surface area contributed by atoms with E-state index in [1.54, 1.807) is 13.3 Å². The number of nitrogens with one attached hydrogen (secondary N) is 1. The Morgan fingerprint density at radius 2 is 2.00 bits per heavy atom. The summed E-state index contributed by atoms with van der Waals surface area (Å²) in [4.78, 5) is 4.09. The van der Waals surface area contributed by atoms with Crippen molar-refractivity contribution in [2.45, 2.75) is 19.4 Å². The second-order valence-corrected chi connectivity index (χ2v) is 4.32. The quantitative estimate of drug-likeness (QED) is 0.874. The SMILES string of the molecule is COc1cc(NC(C)Cc2ccccc2)ccn1. The molecular weight excluding hydrogens is 224 g/mol. The molecule has 0 aliphatic heterocycles. The number of rotatable bonds is 5. The van der Waals surface area contributed by atoms with Gasteiger partial charge in [-0.1, -0.05) is 30.3 Å². The molecule has 0 spiro atoms. The Kier molecular flexibility index (Phi) is 4.18. The minimum absolute atomic E-state index is 0.361. The van der Waals surface area contributed by atoms with E-state index in [-0.39, 0.29) is 0 Å². The summed E-state index contributed by atoms with van der Waals surface area (Å²) in [5.41, 5.74) is 2.36. The zero-order valence-electron chi connectivity index (χ0n) is 10.8. The third kappa shape index (κ3) is 3.48. The van der Waals surface area contributed by atoms with Crippen molar-refractivity contribution in [1.29, 1.82) is 0 Å². The summed E-state index contributed by atoms with van der Waals surface area (Å²) in [6.45, 7) is 2.17. The fourth-order valence-corrected chi connectivity index (χ4v) is 1.91. The summed E-state index contributed by atoms with van der Waals surface area (Å²) >= 11 is 0. The Morgan fingerprint density at radius 1 is 1.22 bits per heavy atom. The first-order chi connectivity index (χ1) is 8.78. The van der Waals surface area contributed by atoms with E-state index in [1.807, 2.05) is 18.2 Å². The Bertz CT molecular complexity index is 485. The number of pyridine rings is 1. The number of ether oxygens (including phenoxy) is 1. The molecule has 94 valence electrons. The second-order valence-electron chi connectivity index (χ2n) is 4.32. The zero-order valence-corrected chi connectivity index (χ0v) is 10.8. The first kappa shape index (κ1) is 12.4. The summed E-state index contributed by atoms with van der Waals surface area (Å²) in [5.74, 6) is 0.631. The van der Waals surface area contributed by atoms with E-state index in [0.29, 0.717) is 11.9 Å². The van der Waals surface area contributed by atoms with Crippen molar-refractivity contribution in [3.63, 3.8) is 0 Å². The predicted octanol–water partition coefficient (Wildman–Crippen LogP) is 3.13. The van der Waals surface area contributed by atoms with E-state index in [2.05, 4.69) is 41.5 Å². The minimum Gasteiger partial charge on any atom is -0.481 e. The van der Waals surface area contributed by atoms with Crippen molar-refractivity contribution in [1.82, 2.24) is 4.98 Å². The van der Waals surface area contributed by atoms with Gasteiger partial charge in [0, 0.05) is 24.0 Å². The molecule has 18 heavy (non-hydrogen) atoms. The number of methoxy groups -OCH3 is 1. The second kappa shape index (κ2) is 6.05. The summed E-state index contributed by atoms with van der Waals surface area (Å²) in [6.07, 6.45) is 2.74. The van der Waals surface area contributed by atoms with Crippen LogP contribution in [0.1, 0.15) is 12.5 Å². The van der Waals surface area contributed by atoms with E-state index in [9.17, 15) is 0 Å². The number of nitrogens with zero attached hydrogens (tertiary/aromatic N) is 1. The molecule has 0 aliphatic rings. The summed E-state index contributed by atoms with van der Waals surface area (Å²) < 4.78 is 5.10. The summed E-state index contributed by atoms with van der Waals surface area (Å²) in [6, 6.07) is 14.7. The highest BCUT2D eigenvalue weighted by molar-refractivity contribution is 5.46. The Labute approximate surface area is 108 Å². The van der Waals surface area contributed by atoms with Gasteiger partial charge >= 0.3 is 0 Å². The fraction of sp³-hybridized carbons (Fsp3) is 0.267. The molecule has 0 aliphatic carbocycles. The summed E-state index contributed by atoms with van der Waals surface area (Å²) in [5, 5.41) is 3.45. The van der Waals surface area contributed by atoms with Crippen LogP contribution >= 0.6 is 0 Å². The molecular formula is C15H18N2O. The van der Waals surface area contributed by atoms with Gasteiger partial charge in [-0.15, -0.1) is 0 Å². The zero-order chi connectivity index (χ0) is 12.8. The van der Waals surface area contributed by atoms with Gasteiger partial charge in [0.1, 0.15) is 0 Å². The minimum atomic E-state index is 0.361. The van der Waals surface area contributed by atoms with Crippen LogP contribution in [0.4, 0.5) is 5.69 Å². The van der Waals surface area contributed by atoms with Crippen LogP contribution in [0.5, 0.6) is 5.88 Å². The Morgan fingerprint density at radius 3 is 2.72 bits per heavy atom. The van der Waals surface area contributed by atoms with E-state index in [1.165, 1.54) is 5.56 Å². The molecule has 0 radical (unpaired) electrons. The van der Waals surface area contributed by atoms with Crippen molar-refractivity contribution >= 4 is 5.69 Å². The molecule has 1 unspecified atom stereocenters. The third-order valence-corrected chi connectivity index (χ3v) is 2.74. The molecule has 1 aromatic heterocycles. The van der Waals surface area contributed by atoms with Crippen LogP contribution in [0.25, 0.3) is 0 Å². The van der Waals surface area contributed by atoms with E-state index < -0.39 is 0 Å². The van der Waals surface area contributed by atoms with Crippen LogP contribution in [0.2, 0.25) is 0 Å². The smallest absolute Gasteiger partial charge is 0.214 e. The van der Waals surface area contributed by atoms with Crippen LogP contribution < -0.4 is 10.1 Å². The van der Waals surface area contributed by atoms with Crippen molar-refractivity contribution in [3.8, 4) is 5.88 Å². The lowest BCUT2D eigenvalue weighted by molar-refractivity contribution is 0.398. The molecule has 0 saturated carbocycles. The van der Waals surface area contributed by atoms with Crippen LogP contribution in [-0.2, 0) is 6.42 Å². The first-order valence-corrected chi connectivity index (χ1v) is 6.08. The number of hydrogen-bond donors (Lipinski definition) is 1. The highest BCUT2D eigenvalue weighted by Gasteiger charge is 2.04. The number of hydrogen-bond acceptors (Lipinski definition) is 3. The molecule has 1 atom stereocenters. The van der Waals surface area contributed by atoms with Gasteiger partial charge in [0.05, 0.1) is 7.11 Å². The normalized spacial score (nSPS) is 11.9. The summed E-state index contributed by atoms with van der Waals surface area (Å²) in [7, 11) is 1.62. The van der Waals surface area contributed by atoms with Gasteiger partial charge in [-0.2, -0.15) is 0 Å². The van der Waals surface area contributed by atoms with Gasteiger partial charge in [-0.05, 0) is 25.0 Å². The molecule has 1 aromatic carbocycles. The molecule has 2 aromatic rings. The molecule has 2 rings (SSSR count). The average Bonchev–Trinajstić information content (AvgIpc) is 2.40. The maximum Gasteiger partial charge on any atom is 0.214 e. The predicted molar refractivity (Wildman–Crippen MR) is 74.0 cm³/mol. The van der Waals surface area contributed by atoms with Gasteiger partial charge in [-0.3, -0.25) is 0 Å². The highest BCUT2D eigenvalue weighted by Crippen LogP contribution is 2.15.